The van der Waals surface area contributed by atoms with Crippen LogP contribution in [-0.4, -0.2) is 32.6 Å². The lowest BCUT2D eigenvalue weighted by molar-refractivity contribution is 0.0689. The van der Waals surface area contributed by atoms with Crippen molar-refractivity contribution < 1.29 is 15.0 Å². The van der Waals surface area contributed by atoms with E-state index in [0.29, 0.717) is 5.69 Å². The molecule has 88 valence electrons. The van der Waals surface area contributed by atoms with Crippen molar-refractivity contribution in [2.24, 2.45) is 0 Å². The van der Waals surface area contributed by atoms with E-state index >= 15 is 0 Å². The Morgan fingerprint density at radius 3 is 2.59 bits per heavy atom. The summed E-state index contributed by atoms with van der Waals surface area (Å²) in [6.07, 6.45) is 0. The minimum atomic E-state index is -1.07. The molecule has 0 fully saturated rings. The van der Waals surface area contributed by atoms with Crippen LogP contribution in [0.5, 0.6) is 0 Å². The molecule has 0 spiro atoms. The Morgan fingerprint density at radius 1 is 1.29 bits per heavy atom. The van der Waals surface area contributed by atoms with Gasteiger partial charge in [0, 0.05) is 0 Å². The second-order valence-electron chi connectivity index (χ2n) is 3.53. The number of hydrogen-bond donors (Lipinski definition) is 2. The van der Waals surface area contributed by atoms with Crippen molar-refractivity contribution in [1.29, 1.82) is 0 Å². The quantitative estimate of drug-likeness (QED) is 0.831. The number of carbonyl (C=O) groups is 1. The maximum Gasteiger partial charge on any atom is 0.356 e. The summed E-state index contributed by atoms with van der Waals surface area (Å²) in [6.45, 7) is 0.193. The number of carboxylic acids is 1. The third kappa shape index (κ3) is 2.34. The Kier molecular flexibility index (Phi) is 3.20. The smallest absolute Gasteiger partial charge is 0.356 e. The van der Waals surface area contributed by atoms with E-state index in [1.807, 2.05) is 30.3 Å². The second-order valence-corrected chi connectivity index (χ2v) is 3.53. The summed E-state index contributed by atoms with van der Waals surface area (Å²) in [5.41, 5.74) is 1.55. The molecule has 0 aliphatic carbocycles. The van der Waals surface area contributed by atoms with E-state index in [0.717, 1.165) is 5.56 Å². The predicted molar refractivity (Wildman–Crippen MR) is 61.7 cm³/mol. The van der Waals surface area contributed by atoms with Crippen LogP contribution in [0, 0.1) is 0 Å². The molecule has 1 aromatic heterocycles. The van der Waals surface area contributed by atoms with Gasteiger partial charge >= 0.3 is 5.97 Å². The largest absolute Gasteiger partial charge is 0.476 e. The first-order chi connectivity index (χ1) is 8.22. The van der Waals surface area contributed by atoms with Gasteiger partial charge in [0.2, 0.25) is 0 Å². The van der Waals surface area contributed by atoms with Crippen LogP contribution in [-0.2, 0) is 6.54 Å². The lowest BCUT2D eigenvalue weighted by Crippen LogP contribution is -2.07. The van der Waals surface area contributed by atoms with Crippen LogP contribution < -0.4 is 0 Å². The molecule has 0 bridgehead atoms. The summed E-state index contributed by atoms with van der Waals surface area (Å²) in [7, 11) is 0. The number of carboxylic acid groups (broad SMARTS) is 1. The average Bonchev–Trinajstić information content (AvgIpc) is 2.75. The van der Waals surface area contributed by atoms with Gasteiger partial charge in [-0.2, -0.15) is 5.10 Å². The minimum Gasteiger partial charge on any atom is -0.476 e. The number of aliphatic hydroxyl groups excluding tert-OH is 1. The molecule has 0 aliphatic heterocycles. The van der Waals surface area contributed by atoms with Crippen molar-refractivity contribution in [3.05, 3.63) is 42.1 Å². The Labute approximate surface area is 97.9 Å². The topological polar surface area (TPSA) is 75.3 Å². The van der Waals surface area contributed by atoms with Gasteiger partial charge in [-0.05, 0) is 11.6 Å². The molecule has 1 heterocycles. The fraction of sp³-hybridized carbons (Fsp3) is 0.167. The van der Waals surface area contributed by atoms with Gasteiger partial charge in [-0.1, -0.05) is 30.3 Å². The number of hydrogen-bond acceptors (Lipinski definition) is 3. The Bertz CT molecular complexity index is 520. The maximum atomic E-state index is 10.9. The van der Waals surface area contributed by atoms with E-state index in [1.165, 1.54) is 10.7 Å². The van der Waals surface area contributed by atoms with Crippen molar-refractivity contribution in [1.82, 2.24) is 9.78 Å². The van der Waals surface area contributed by atoms with Crippen LogP contribution in [0.1, 0.15) is 10.5 Å². The summed E-state index contributed by atoms with van der Waals surface area (Å²) >= 11 is 0. The first-order valence-electron chi connectivity index (χ1n) is 5.20. The molecule has 0 saturated carbocycles. The molecule has 2 N–H and O–H groups in total. The fourth-order valence-electron chi connectivity index (χ4n) is 1.63. The van der Waals surface area contributed by atoms with E-state index < -0.39 is 5.97 Å². The zero-order valence-corrected chi connectivity index (χ0v) is 9.08. The van der Waals surface area contributed by atoms with Crippen LogP contribution in [0.15, 0.2) is 36.4 Å². The summed E-state index contributed by atoms with van der Waals surface area (Å²) in [4.78, 5) is 10.9. The van der Waals surface area contributed by atoms with Gasteiger partial charge in [-0.25, -0.2) is 4.79 Å². The summed E-state index contributed by atoms with van der Waals surface area (Å²) in [5.74, 6) is -1.07. The maximum absolute atomic E-state index is 10.9. The fourth-order valence-corrected chi connectivity index (χ4v) is 1.63. The monoisotopic (exact) mass is 232 g/mol. The van der Waals surface area contributed by atoms with Gasteiger partial charge in [0.25, 0.3) is 0 Å². The highest BCUT2D eigenvalue weighted by molar-refractivity contribution is 5.87. The van der Waals surface area contributed by atoms with E-state index in [-0.39, 0.29) is 18.8 Å². The van der Waals surface area contributed by atoms with Crippen molar-refractivity contribution in [2.45, 2.75) is 6.54 Å². The third-order valence-corrected chi connectivity index (χ3v) is 2.38. The highest BCUT2D eigenvalue weighted by Gasteiger charge is 2.13. The van der Waals surface area contributed by atoms with E-state index in [2.05, 4.69) is 5.10 Å². The molecule has 2 rings (SSSR count). The zero-order chi connectivity index (χ0) is 12.3. The third-order valence-electron chi connectivity index (χ3n) is 2.38. The Balaban J connectivity index is 2.48. The molecule has 0 atom stereocenters. The van der Waals surface area contributed by atoms with Gasteiger partial charge in [0.1, 0.15) is 0 Å². The van der Waals surface area contributed by atoms with Crippen LogP contribution in [0.4, 0.5) is 0 Å². The highest BCUT2D eigenvalue weighted by atomic mass is 16.4. The zero-order valence-electron chi connectivity index (χ0n) is 9.08. The number of aliphatic hydroxyl groups is 1. The first-order valence-corrected chi connectivity index (χ1v) is 5.20. The lowest BCUT2D eigenvalue weighted by Gasteiger charge is -2.04. The van der Waals surface area contributed by atoms with Crippen LogP contribution >= 0.6 is 0 Å². The molecular formula is C12H12N2O3. The first kappa shape index (κ1) is 11.3. The molecule has 0 aliphatic rings. The molecule has 5 nitrogen and oxygen atoms in total. The standard InChI is InChI=1S/C12H12N2O3/c15-7-6-14-11(8-10(13-14)12(16)17)9-4-2-1-3-5-9/h1-5,8,15H,6-7H2,(H,16,17). The number of nitrogens with zero attached hydrogens (tertiary/aromatic N) is 2. The molecule has 0 saturated heterocycles. The summed E-state index contributed by atoms with van der Waals surface area (Å²) in [5, 5.41) is 21.8. The molecule has 0 amide bonds. The summed E-state index contributed by atoms with van der Waals surface area (Å²) in [6, 6.07) is 10.9. The van der Waals surface area contributed by atoms with E-state index in [9.17, 15) is 4.79 Å². The normalized spacial score (nSPS) is 10.4. The number of aromatic nitrogens is 2. The number of benzene rings is 1. The average molecular weight is 232 g/mol. The van der Waals surface area contributed by atoms with Gasteiger partial charge < -0.3 is 10.2 Å². The molecular weight excluding hydrogens is 220 g/mol. The second kappa shape index (κ2) is 4.80. The SMILES string of the molecule is O=C(O)c1cc(-c2ccccc2)n(CCO)n1. The molecule has 1 aromatic carbocycles. The van der Waals surface area contributed by atoms with Crippen molar-refractivity contribution in [3.63, 3.8) is 0 Å². The molecule has 17 heavy (non-hydrogen) atoms. The van der Waals surface area contributed by atoms with Gasteiger partial charge in [-0.15, -0.1) is 0 Å². The van der Waals surface area contributed by atoms with Gasteiger partial charge in [0.05, 0.1) is 18.8 Å². The van der Waals surface area contributed by atoms with Crippen LogP contribution in [0.3, 0.4) is 0 Å². The Hall–Kier alpha value is -2.14. The van der Waals surface area contributed by atoms with Crippen LogP contribution in [0.2, 0.25) is 0 Å². The van der Waals surface area contributed by atoms with Gasteiger partial charge in [-0.3, -0.25) is 4.68 Å². The number of rotatable bonds is 4. The van der Waals surface area contributed by atoms with Crippen molar-refractivity contribution in [2.75, 3.05) is 6.61 Å². The molecule has 5 heteroatoms. The Morgan fingerprint density at radius 2 is 2.00 bits per heavy atom. The molecule has 0 radical (unpaired) electrons. The summed E-state index contributed by atoms with van der Waals surface area (Å²) < 4.78 is 1.50. The van der Waals surface area contributed by atoms with E-state index in [1.54, 1.807) is 0 Å². The van der Waals surface area contributed by atoms with Crippen molar-refractivity contribution in [3.8, 4) is 11.3 Å². The molecule has 0 unspecified atom stereocenters. The van der Waals surface area contributed by atoms with E-state index in [4.69, 9.17) is 10.2 Å². The molecule has 2 aromatic rings. The van der Waals surface area contributed by atoms with Gasteiger partial charge in [0.15, 0.2) is 5.69 Å². The predicted octanol–water partition coefficient (Wildman–Crippen LogP) is 1.24. The lowest BCUT2D eigenvalue weighted by atomic mass is 10.1. The van der Waals surface area contributed by atoms with Crippen molar-refractivity contribution >= 4 is 5.97 Å². The highest BCUT2D eigenvalue weighted by Crippen LogP contribution is 2.20. The van der Waals surface area contributed by atoms with Crippen LogP contribution in [0.25, 0.3) is 11.3 Å². The minimum absolute atomic E-state index is 0.0164. The number of aromatic carboxylic acids is 1.